The number of ether oxygens (including phenoxy) is 4. The van der Waals surface area contributed by atoms with Crippen molar-refractivity contribution in [3.63, 3.8) is 0 Å². The van der Waals surface area contributed by atoms with Crippen LogP contribution >= 0.6 is 0 Å². The van der Waals surface area contributed by atoms with Crippen molar-refractivity contribution in [1.82, 2.24) is 5.32 Å². The van der Waals surface area contributed by atoms with Crippen LogP contribution < -0.4 is 5.32 Å². The molecular weight excluding hydrogens is 422 g/mol. The number of esters is 1. The van der Waals surface area contributed by atoms with Crippen LogP contribution in [0.3, 0.4) is 0 Å². The number of hydrogen-bond acceptors (Lipinski definition) is 6. The lowest BCUT2D eigenvalue weighted by atomic mass is 9.88. The molecule has 3 aliphatic heterocycles. The number of nitrogens with one attached hydrogen (secondary N) is 1. The Morgan fingerprint density at radius 1 is 1.24 bits per heavy atom. The zero-order valence-electron chi connectivity index (χ0n) is 20.5. The van der Waals surface area contributed by atoms with E-state index in [0.717, 1.165) is 38.9 Å². The second kappa shape index (κ2) is 11.4. The summed E-state index contributed by atoms with van der Waals surface area (Å²) in [6, 6.07) is -0.0529. The van der Waals surface area contributed by atoms with Crippen molar-refractivity contribution in [2.45, 2.75) is 96.4 Å². The summed E-state index contributed by atoms with van der Waals surface area (Å²) in [7, 11) is 0. The molecule has 3 aliphatic rings. The Labute approximate surface area is 197 Å². The number of carbonyl (C=O) groups is 2. The number of carbonyl (C=O) groups excluding carboxylic acids is 2. The van der Waals surface area contributed by atoms with Gasteiger partial charge in [0, 0.05) is 25.8 Å². The largest absolute Gasteiger partial charge is 0.459 e. The van der Waals surface area contributed by atoms with Crippen LogP contribution in [-0.2, 0) is 28.5 Å². The summed E-state index contributed by atoms with van der Waals surface area (Å²) in [6.45, 7) is 11.0. The van der Waals surface area contributed by atoms with E-state index in [1.54, 1.807) is 13.0 Å². The first-order chi connectivity index (χ1) is 15.7. The SMILES string of the molecule is CC(=O)OC(C)/C=C\C(=O)NC1CC(C)[C@H](C/C=C(C)/C=C/[C@@H]2CC3(CCO2)CO3)OC1C. The fourth-order valence-electron chi connectivity index (χ4n) is 4.51. The maximum absolute atomic E-state index is 12.3. The van der Waals surface area contributed by atoms with E-state index in [1.807, 2.05) is 6.92 Å². The third-order valence-corrected chi connectivity index (χ3v) is 6.68. The topological polar surface area (TPSA) is 86.4 Å². The second-order valence-electron chi connectivity index (χ2n) is 9.76. The second-order valence-corrected chi connectivity index (χ2v) is 9.76. The van der Waals surface area contributed by atoms with Crippen LogP contribution in [0.5, 0.6) is 0 Å². The molecule has 3 fully saturated rings. The van der Waals surface area contributed by atoms with E-state index in [9.17, 15) is 9.59 Å². The molecule has 3 rings (SSSR count). The van der Waals surface area contributed by atoms with Crippen molar-refractivity contribution in [3.8, 4) is 0 Å². The maximum Gasteiger partial charge on any atom is 0.303 e. The first kappa shape index (κ1) is 25.7. The molecule has 0 aliphatic carbocycles. The van der Waals surface area contributed by atoms with Crippen LogP contribution in [0.2, 0.25) is 0 Å². The summed E-state index contributed by atoms with van der Waals surface area (Å²) in [5.74, 6) is -0.258. The number of amides is 1. The molecule has 3 saturated heterocycles. The molecule has 3 heterocycles. The first-order valence-electron chi connectivity index (χ1n) is 12.1. The zero-order chi connectivity index (χ0) is 24.0. The fourth-order valence-corrected chi connectivity index (χ4v) is 4.51. The van der Waals surface area contributed by atoms with Crippen molar-refractivity contribution < 1.29 is 28.5 Å². The first-order valence-corrected chi connectivity index (χ1v) is 12.1. The van der Waals surface area contributed by atoms with Gasteiger partial charge in [-0.25, -0.2) is 0 Å². The van der Waals surface area contributed by atoms with Gasteiger partial charge in [0.15, 0.2) is 0 Å². The van der Waals surface area contributed by atoms with Gasteiger partial charge in [0.2, 0.25) is 5.91 Å². The fraction of sp³-hybridized carbons (Fsp3) is 0.692. The molecule has 5 unspecified atom stereocenters. The van der Waals surface area contributed by atoms with Gasteiger partial charge < -0.3 is 24.3 Å². The van der Waals surface area contributed by atoms with Crippen LogP contribution in [0, 0.1) is 5.92 Å². The number of rotatable bonds is 8. The molecule has 0 radical (unpaired) electrons. The number of hydrogen-bond donors (Lipinski definition) is 1. The summed E-state index contributed by atoms with van der Waals surface area (Å²) in [5.41, 5.74) is 1.29. The molecule has 0 saturated carbocycles. The third-order valence-electron chi connectivity index (χ3n) is 6.68. The van der Waals surface area contributed by atoms with Gasteiger partial charge in [-0.2, -0.15) is 0 Å². The van der Waals surface area contributed by atoms with E-state index in [2.05, 4.69) is 37.4 Å². The summed E-state index contributed by atoms with van der Waals surface area (Å²) in [6.07, 6.45) is 12.9. The molecule has 0 bridgehead atoms. The lowest BCUT2D eigenvalue weighted by Gasteiger charge is -2.39. The van der Waals surface area contributed by atoms with Gasteiger partial charge in [-0.3, -0.25) is 9.59 Å². The molecule has 1 amide bonds. The minimum atomic E-state index is -0.437. The van der Waals surface area contributed by atoms with Gasteiger partial charge in [-0.15, -0.1) is 0 Å². The van der Waals surface area contributed by atoms with E-state index in [0.29, 0.717) is 5.92 Å². The Hall–Kier alpha value is -1.96. The number of epoxide rings is 1. The van der Waals surface area contributed by atoms with Crippen molar-refractivity contribution in [3.05, 3.63) is 36.0 Å². The zero-order valence-corrected chi connectivity index (χ0v) is 20.5. The van der Waals surface area contributed by atoms with Gasteiger partial charge in [-0.1, -0.05) is 30.7 Å². The van der Waals surface area contributed by atoms with Gasteiger partial charge in [-0.05, 0) is 45.6 Å². The van der Waals surface area contributed by atoms with Gasteiger partial charge in [0.25, 0.3) is 0 Å². The Balaban J connectivity index is 1.43. The van der Waals surface area contributed by atoms with E-state index < -0.39 is 6.10 Å². The van der Waals surface area contributed by atoms with Gasteiger partial charge in [0.1, 0.15) is 6.10 Å². The molecule has 1 N–H and O–H groups in total. The summed E-state index contributed by atoms with van der Waals surface area (Å²) in [5, 5.41) is 3.02. The standard InChI is InChI=1S/C26H39NO6/c1-17(6-9-22-15-26(16-31-26)12-13-30-22)7-10-24-18(2)14-23(20(4)33-24)27-25(29)11-8-19(3)32-21(5)28/h6-9,11,18-20,22-24H,10,12-16H2,1-5H3,(H,27,29)/b9-6+,11-8-,17-7+/t18?,19?,20?,22-,23?,24+,26?/m1/s1. The Morgan fingerprint density at radius 3 is 2.70 bits per heavy atom. The number of allylic oxidation sites excluding steroid dienone is 2. The molecule has 33 heavy (non-hydrogen) atoms. The maximum atomic E-state index is 12.3. The van der Waals surface area contributed by atoms with E-state index in [1.165, 1.54) is 18.6 Å². The minimum absolute atomic E-state index is 0.0529. The lowest BCUT2D eigenvalue weighted by Crippen LogP contribution is -2.50. The lowest BCUT2D eigenvalue weighted by molar-refractivity contribution is -0.143. The third kappa shape index (κ3) is 8.09. The van der Waals surface area contributed by atoms with Crippen molar-refractivity contribution in [2.24, 2.45) is 5.92 Å². The van der Waals surface area contributed by atoms with Crippen LogP contribution in [0.15, 0.2) is 36.0 Å². The monoisotopic (exact) mass is 461 g/mol. The minimum Gasteiger partial charge on any atom is -0.459 e. The molecule has 184 valence electrons. The summed E-state index contributed by atoms with van der Waals surface area (Å²) < 4.78 is 22.7. The highest BCUT2D eigenvalue weighted by molar-refractivity contribution is 5.87. The molecular formula is C26H39NO6. The van der Waals surface area contributed by atoms with Crippen molar-refractivity contribution in [1.29, 1.82) is 0 Å². The highest BCUT2D eigenvalue weighted by Crippen LogP contribution is 2.39. The summed E-state index contributed by atoms with van der Waals surface area (Å²) >= 11 is 0. The summed E-state index contributed by atoms with van der Waals surface area (Å²) in [4.78, 5) is 23.2. The van der Waals surface area contributed by atoms with Crippen LogP contribution in [0.4, 0.5) is 0 Å². The van der Waals surface area contributed by atoms with Gasteiger partial charge in [0.05, 0.1) is 43.2 Å². The predicted molar refractivity (Wildman–Crippen MR) is 126 cm³/mol. The predicted octanol–water partition coefficient (Wildman–Crippen LogP) is 3.63. The van der Waals surface area contributed by atoms with Crippen LogP contribution in [-0.4, -0.2) is 61.1 Å². The van der Waals surface area contributed by atoms with Crippen molar-refractivity contribution in [2.75, 3.05) is 13.2 Å². The molecule has 7 heteroatoms. The quantitative estimate of drug-likeness (QED) is 0.257. The smallest absolute Gasteiger partial charge is 0.303 e. The Morgan fingerprint density at radius 2 is 2.00 bits per heavy atom. The van der Waals surface area contributed by atoms with E-state index >= 15 is 0 Å². The molecule has 7 nitrogen and oxygen atoms in total. The normalized spacial score (nSPS) is 35.7. The Bertz CT molecular complexity index is 784. The Kier molecular flexibility index (Phi) is 8.90. The highest BCUT2D eigenvalue weighted by atomic mass is 16.6. The van der Waals surface area contributed by atoms with Crippen molar-refractivity contribution >= 4 is 11.9 Å². The average molecular weight is 462 g/mol. The van der Waals surface area contributed by atoms with Crippen LogP contribution in [0.1, 0.15) is 60.3 Å². The van der Waals surface area contributed by atoms with E-state index in [4.69, 9.17) is 18.9 Å². The molecule has 7 atom stereocenters. The highest BCUT2D eigenvalue weighted by Gasteiger charge is 2.48. The van der Waals surface area contributed by atoms with Crippen LogP contribution in [0.25, 0.3) is 0 Å². The molecule has 0 aromatic rings. The average Bonchev–Trinajstić information content (AvgIpc) is 3.49. The molecule has 0 aromatic heterocycles. The van der Waals surface area contributed by atoms with E-state index in [-0.39, 0.29) is 41.8 Å². The van der Waals surface area contributed by atoms with Gasteiger partial charge >= 0.3 is 5.97 Å². The molecule has 1 spiro atoms. The molecule has 0 aromatic carbocycles.